The molecule has 0 radical (unpaired) electrons. The summed E-state index contributed by atoms with van der Waals surface area (Å²) in [7, 11) is 1.39. The molecule has 0 atom stereocenters. The Hall–Kier alpha value is -1.29. The Morgan fingerprint density at radius 1 is 1.73 bits per heavy atom. The van der Waals surface area contributed by atoms with E-state index in [1.165, 1.54) is 18.9 Å². The van der Waals surface area contributed by atoms with Crippen molar-refractivity contribution in [3.8, 4) is 0 Å². The molecule has 1 heterocycles. The molecular formula is C11H13NO2S. The first kappa shape index (κ1) is 11.8. The van der Waals surface area contributed by atoms with Crippen LogP contribution in [0.15, 0.2) is 24.9 Å². The zero-order valence-corrected chi connectivity index (χ0v) is 9.42. The SMILES string of the molecule is C=Cc1ccnc(CSCC(=O)OC)c1. The first-order chi connectivity index (χ1) is 7.26. The van der Waals surface area contributed by atoms with Gasteiger partial charge < -0.3 is 4.74 Å². The van der Waals surface area contributed by atoms with Gasteiger partial charge in [0, 0.05) is 11.9 Å². The molecule has 0 N–H and O–H groups in total. The Kier molecular flexibility index (Phi) is 4.90. The fraction of sp³-hybridized carbons (Fsp3) is 0.273. The van der Waals surface area contributed by atoms with Crippen LogP contribution in [0.3, 0.4) is 0 Å². The zero-order valence-electron chi connectivity index (χ0n) is 8.60. The molecule has 1 aromatic rings. The summed E-state index contributed by atoms with van der Waals surface area (Å²) in [5.74, 6) is 0.854. The quantitative estimate of drug-likeness (QED) is 0.717. The molecule has 0 aliphatic carbocycles. The van der Waals surface area contributed by atoms with Gasteiger partial charge in [-0.3, -0.25) is 9.78 Å². The number of aromatic nitrogens is 1. The Bertz CT molecular complexity index is 352. The summed E-state index contributed by atoms with van der Waals surface area (Å²) in [5, 5.41) is 0. The van der Waals surface area contributed by atoms with Gasteiger partial charge >= 0.3 is 5.97 Å². The largest absolute Gasteiger partial charge is 0.468 e. The number of methoxy groups -OCH3 is 1. The number of hydrogen-bond acceptors (Lipinski definition) is 4. The highest BCUT2D eigenvalue weighted by molar-refractivity contribution is 7.99. The highest BCUT2D eigenvalue weighted by Crippen LogP contribution is 2.12. The fourth-order valence-corrected chi connectivity index (χ4v) is 1.75. The summed E-state index contributed by atoms with van der Waals surface area (Å²) in [6, 6.07) is 3.85. The number of pyridine rings is 1. The van der Waals surface area contributed by atoms with E-state index in [0.29, 0.717) is 11.5 Å². The molecule has 3 nitrogen and oxygen atoms in total. The molecule has 0 saturated heterocycles. The Labute approximate surface area is 93.5 Å². The van der Waals surface area contributed by atoms with Crippen LogP contribution < -0.4 is 0 Å². The predicted octanol–water partition coefficient (Wildman–Crippen LogP) is 2.13. The van der Waals surface area contributed by atoms with Gasteiger partial charge in [-0.2, -0.15) is 0 Å². The highest BCUT2D eigenvalue weighted by atomic mass is 32.2. The van der Waals surface area contributed by atoms with Gasteiger partial charge in [0.15, 0.2) is 0 Å². The molecule has 0 amide bonds. The van der Waals surface area contributed by atoms with Crippen molar-refractivity contribution >= 4 is 23.8 Å². The molecule has 0 unspecified atom stereocenters. The number of esters is 1. The average Bonchev–Trinajstić information content (AvgIpc) is 2.29. The zero-order chi connectivity index (χ0) is 11.1. The molecule has 0 spiro atoms. The van der Waals surface area contributed by atoms with Crippen molar-refractivity contribution in [2.75, 3.05) is 12.9 Å². The maximum absolute atomic E-state index is 10.8. The number of ether oxygens (including phenoxy) is 1. The van der Waals surface area contributed by atoms with Gasteiger partial charge in [0.1, 0.15) is 0 Å². The van der Waals surface area contributed by atoms with Crippen molar-refractivity contribution in [1.29, 1.82) is 0 Å². The van der Waals surface area contributed by atoms with Crippen molar-refractivity contribution in [3.63, 3.8) is 0 Å². The van der Waals surface area contributed by atoms with Gasteiger partial charge in [0.05, 0.1) is 18.6 Å². The first-order valence-corrected chi connectivity index (χ1v) is 5.63. The highest BCUT2D eigenvalue weighted by Gasteiger charge is 2.01. The maximum atomic E-state index is 10.8. The molecular weight excluding hydrogens is 210 g/mol. The third-order valence-corrected chi connectivity index (χ3v) is 2.71. The van der Waals surface area contributed by atoms with E-state index < -0.39 is 0 Å². The van der Waals surface area contributed by atoms with E-state index in [9.17, 15) is 4.79 Å². The molecule has 1 aromatic heterocycles. The average molecular weight is 223 g/mol. The van der Waals surface area contributed by atoms with E-state index in [1.54, 1.807) is 12.3 Å². The fourth-order valence-electron chi connectivity index (χ4n) is 1.00. The van der Waals surface area contributed by atoms with Crippen molar-refractivity contribution in [2.24, 2.45) is 0 Å². The second-order valence-electron chi connectivity index (χ2n) is 2.85. The number of carbonyl (C=O) groups is 1. The molecule has 15 heavy (non-hydrogen) atoms. The predicted molar refractivity (Wildman–Crippen MR) is 62.5 cm³/mol. The van der Waals surface area contributed by atoms with Crippen molar-refractivity contribution in [1.82, 2.24) is 4.98 Å². The third kappa shape index (κ3) is 4.16. The van der Waals surface area contributed by atoms with E-state index in [2.05, 4.69) is 16.3 Å². The molecule has 80 valence electrons. The van der Waals surface area contributed by atoms with E-state index >= 15 is 0 Å². The van der Waals surface area contributed by atoms with Crippen LogP contribution in [0.2, 0.25) is 0 Å². The molecule has 0 bridgehead atoms. The molecule has 0 aliphatic rings. The molecule has 0 aromatic carbocycles. The van der Waals surface area contributed by atoms with E-state index in [1.807, 2.05) is 12.1 Å². The minimum Gasteiger partial charge on any atom is -0.468 e. The van der Waals surface area contributed by atoms with Crippen LogP contribution in [-0.2, 0) is 15.3 Å². The number of nitrogens with zero attached hydrogens (tertiary/aromatic N) is 1. The number of carbonyl (C=O) groups excluding carboxylic acids is 1. The van der Waals surface area contributed by atoms with E-state index in [-0.39, 0.29) is 5.97 Å². The van der Waals surface area contributed by atoms with Crippen molar-refractivity contribution in [3.05, 3.63) is 36.2 Å². The van der Waals surface area contributed by atoms with Crippen LogP contribution in [0.1, 0.15) is 11.3 Å². The summed E-state index contributed by atoms with van der Waals surface area (Å²) in [4.78, 5) is 15.0. The molecule has 0 aliphatic heterocycles. The van der Waals surface area contributed by atoms with Gasteiger partial charge in [-0.15, -0.1) is 11.8 Å². The van der Waals surface area contributed by atoms with Crippen LogP contribution >= 0.6 is 11.8 Å². The van der Waals surface area contributed by atoms with Crippen LogP contribution in [0, 0.1) is 0 Å². The second kappa shape index (κ2) is 6.24. The van der Waals surface area contributed by atoms with Crippen molar-refractivity contribution < 1.29 is 9.53 Å². The van der Waals surface area contributed by atoms with Crippen LogP contribution in [0.5, 0.6) is 0 Å². The van der Waals surface area contributed by atoms with Crippen LogP contribution in [0.4, 0.5) is 0 Å². The lowest BCUT2D eigenvalue weighted by atomic mass is 10.2. The first-order valence-electron chi connectivity index (χ1n) is 4.48. The number of rotatable bonds is 5. The lowest BCUT2D eigenvalue weighted by molar-refractivity contribution is -0.137. The maximum Gasteiger partial charge on any atom is 0.315 e. The summed E-state index contributed by atoms with van der Waals surface area (Å²) in [6.45, 7) is 3.69. The Balaban J connectivity index is 2.43. The van der Waals surface area contributed by atoms with Gasteiger partial charge in [-0.25, -0.2) is 0 Å². The summed E-state index contributed by atoms with van der Waals surface area (Å²) >= 11 is 1.49. The lowest BCUT2D eigenvalue weighted by Gasteiger charge is -2.01. The smallest absolute Gasteiger partial charge is 0.315 e. The molecule has 0 fully saturated rings. The van der Waals surface area contributed by atoms with Gasteiger partial charge in [-0.05, 0) is 17.7 Å². The summed E-state index contributed by atoms with van der Waals surface area (Å²) in [5.41, 5.74) is 1.99. The summed E-state index contributed by atoms with van der Waals surface area (Å²) in [6.07, 6.45) is 3.52. The second-order valence-corrected chi connectivity index (χ2v) is 3.84. The van der Waals surface area contributed by atoms with Gasteiger partial charge in [0.2, 0.25) is 0 Å². The number of hydrogen-bond donors (Lipinski definition) is 0. The monoisotopic (exact) mass is 223 g/mol. The number of thioether (sulfide) groups is 1. The van der Waals surface area contributed by atoms with Crippen LogP contribution in [-0.4, -0.2) is 23.8 Å². The molecule has 4 heteroatoms. The molecule has 1 rings (SSSR count). The van der Waals surface area contributed by atoms with Crippen molar-refractivity contribution in [2.45, 2.75) is 5.75 Å². The van der Waals surface area contributed by atoms with E-state index in [4.69, 9.17) is 0 Å². The minimum atomic E-state index is -0.208. The van der Waals surface area contributed by atoms with Crippen LogP contribution in [0.25, 0.3) is 6.08 Å². The summed E-state index contributed by atoms with van der Waals surface area (Å²) < 4.78 is 4.54. The Morgan fingerprint density at radius 2 is 2.53 bits per heavy atom. The topological polar surface area (TPSA) is 39.2 Å². The van der Waals surface area contributed by atoms with Gasteiger partial charge in [0.25, 0.3) is 0 Å². The lowest BCUT2D eigenvalue weighted by Crippen LogP contribution is -2.03. The Morgan fingerprint density at radius 3 is 3.20 bits per heavy atom. The molecule has 0 saturated carbocycles. The van der Waals surface area contributed by atoms with Gasteiger partial charge in [-0.1, -0.05) is 12.7 Å². The standard InChI is InChI=1S/C11H13NO2S/c1-3-9-4-5-12-10(6-9)7-15-8-11(13)14-2/h3-6H,1,7-8H2,2H3. The normalized spacial score (nSPS) is 9.67. The third-order valence-electron chi connectivity index (χ3n) is 1.77. The van der Waals surface area contributed by atoms with E-state index in [0.717, 1.165) is 11.3 Å². The minimum absolute atomic E-state index is 0.208.